The fourth-order valence-corrected chi connectivity index (χ4v) is 3.75. The lowest BCUT2D eigenvalue weighted by molar-refractivity contribution is 0.157. The van der Waals surface area contributed by atoms with Crippen LogP contribution in [0.4, 0.5) is 4.79 Å². The molecule has 0 radical (unpaired) electrons. The second kappa shape index (κ2) is 5.10. The lowest BCUT2D eigenvalue weighted by atomic mass is 9.69. The molecule has 0 aromatic heterocycles. The molecule has 1 N–H and O–H groups in total. The molecule has 3 aliphatic rings. The third-order valence-electron chi connectivity index (χ3n) is 5.15. The Bertz CT molecular complexity index is 306. The van der Waals surface area contributed by atoms with Gasteiger partial charge in [-0.25, -0.2) is 4.79 Å². The molecule has 1 saturated heterocycles. The molecule has 3 nitrogen and oxygen atoms in total. The van der Waals surface area contributed by atoms with Crippen LogP contribution in [0.25, 0.3) is 0 Å². The Hall–Kier alpha value is -0.730. The summed E-state index contributed by atoms with van der Waals surface area (Å²) < 4.78 is 0. The quantitative estimate of drug-likeness (QED) is 0.761. The van der Waals surface area contributed by atoms with Gasteiger partial charge in [0.05, 0.1) is 0 Å². The Balaban J connectivity index is 1.55. The zero-order chi connectivity index (χ0) is 12.4. The van der Waals surface area contributed by atoms with Gasteiger partial charge >= 0.3 is 6.03 Å². The average Bonchev–Trinajstić information content (AvgIpc) is 3.19. The first-order valence-corrected chi connectivity index (χ1v) is 7.83. The van der Waals surface area contributed by atoms with E-state index in [1.807, 2.05) is 0 Å². The molecule has 2 amide bonds. The van der Waals surface area contributed by atoms with Crippen molar-refractivity contribution < 1.29 is 4.79 Å². The molecule has 18 heavy (non-hydrogen) atoms. The summed E-state index contributed by atoms with van der Waals surface area (Å²) >= 11 is 0. The summed E-state index contributed by atoms with van der Waals surface area (Å²) in [5.41, 5.74) is 0.590. The standard InChI is InChI=1S/C15H26N2O/c18-14(16-13-5-6-13)17-11-4-9-15(10-12-17)7-2-1-3-8-15/h13H,1-12H2,(H,16,18). The van der Waals surface area contributed by atoms with Crippen molar-refractivity contribution in [3.63, 3.8) is 0 Å². The van der Waals surface area contributed by atoms with Crippen molar-refractivity contribution in [2.45, 2.75) is 70.3 Å². The molecule has 1 spiro atoms. The van der Waals surface area contributed by atoms with E-state index in [2.05, 4.69) is 10.2 Å². The summed E-state index contributed by atoms with van der Waals surface area (Å²) in [5.74, 6) is 0. The zero-order valence-corrected chi connectivity index (χ0v) is 11.4. The average molecular weight is 250 g/mol. The number of amides is 2. The van der Waals surface area contributed by atoms with Gasteiger partial charge in [0, 0.05) is 19.1 Å². The lowest BCUT2D eigenvalue weighted by Gasteiger charge is -2.36. The molecule has 2 saturated carbocycles. The van der Waals surface area contributed by atoms with Crippen molar-refractivity contribution in [2.24, 2.45) is 5.41 Å². The second-order valence-electron chi connectivity index (χ2n) is 6.63. The van der Waals surface area contributed by atoms with Crippen LogP contribution in [0, 0.1) is 5.41 Å². The van der Waals surface area contributed by atoms with Crippen LogP contribution in [0.15, 0.2) is 0 Å². The molecule has 3 heteroatoms. The number of nitrogens with zero attached hydrogens (tertiary/aromatic N) is 1. The summed E-state index contributed by atoms with van der Waals surface area (Å²) in [6.45, 7) is 1.96. The van der Waals surface area contributed by atoms with Gasteiger partial charge in [-0.2, -0.15) is 0 Å². The third-order valence-corrected chi connectivity index (χ3v) is 5.15. The summed E-state index contributed by atoms with van der Waals surface area (Å²) in [5, 5.41) is 3.13. The third kappa shape index (κ3) is 2.81. The van der Waals surface area contributed by atoms with E-state index in [9.17, 15) is 4.79 Å². The Labute approximate surface area is 110 Å². The molecule has 102 valence electrons. The first kappa shape index (κ1) is 12.3. The van der Waals surface area contributed by atoms with Crippen molar-refractivity contribution >= 4 is 6.03 Å². The Morgan fingerprint density at radius 1 is 0.944 bits per heavy atom. The van der Waals surface area contributed by atoms with Gasteiger partial charge in [-0.1, -0.05) is 19.3 Å². The molecular formula is C15H26N2O. The number of hydrogen-bond donors (Lipinski definition) is 1. The van der Waals surface area contributed by atoms with E-state index in [1.54, 1.807) is 0 Å². The van der Waals surface area contributed by atoms with E-state index in [0.717, 1.165) is 13.1 Å². The van der Waals surface area contributed by atoms with Gasteiger partial charge in [0.25, 0.3) is 0 Å². The Kier molecular flexibility index (Phi) is 3.49. The second-order valence-corrected chi connectivity index (χ2v) is 6.63. The number of hydrogen-bond acceptors (Lipinski definition) is 1. The van der Waals surface area contributed by atoms with Gasteiger partial charge < -0.3 is 10.2 Å². The van der Waals surface area contributed by atoms with Gasteiger partial charge in [0.1, 0.15) is 0 Å². The number of rotatable bonds is 1. The van der Waals surface area contributed by atoms with Gasteiger partial charge in [-0.05, 0) is 50.4 Å². The minimum absolute atomic E-state index is 0.199. The molecule has 3 fully saturated rings. The summed E-state index contributed by atoms with van der Waals surface area (Å²) in [6.07, 6.45) is 13.2. The first-order chi connectivity index (χ1) is 8.77. The highest BCUT2D eigenvalue weighted by Gasteiger charge is 2.35. The fraction of sp³-hybridized carbons (Fsp3) is 0.933. The highest BCUT2D eigenvalue weighted by Crippen LogP contribution is 2.44. The maximum atomic E-state index is 12.1. The van der Waals surface area contributed by atoms with Crippen LogP contribution in [-0.4, -0.2) is 30.1 Å². The van der Waals surface area contributed by atoms with Crippen LogP contribution in [0.2, 0.25) is 0 Å². The molecule has 1 aliphatic heterocycles. The smallest absolute Gasteiger partial charge is 0.317 e. The molecule has 0 atom stereocenters. The SMILES string of the molecule is O=C(NC1CC1)N1CCCC2(CCCCC2)CC1. The number of nitrogens with one attached hydrogen (secondary N) is 1. The van der Waals surface area contributed by atoms with Crippen molar-refractivity contribution in [1.29, 1.82) is 0 Å². The van der Waals surface area contributed by atoms with Gasteiger partial charge in [-0.3, -0.25) is 0 Å². The van der Waals surface area contributed by atoms with E-state index >= 15 is 0 Å². The van der Waals surface area contributed by atoms with Crippen LogP contribution < -0.4 is 5.32 Å². The van der Waals surface area contributed by atoms with Crippen LogP contribution in [-0.2, 0) is 0 Å². The molecule has 0 unspecified atom stereocenters. The van der Waals surface area contributed by atoms with Crippen molar-refractivity contribution in [2.75, 3.05) is 13.1 Å². The number of carbonyl (C=O) groups excluding carboxylic acids is 1. The molecule has 0 bridgehead atoms. The van der Waals surface area contributed by atoms with Gasteiger partial charge in [-0.15, -0.1) is 0 Å². The van der Waals surface area contributed by atoms with Crippen molar-refractivity contribution in [3.05, 3.63) is 0 Å². The molecule has 2 aliphatic carbocycles. The molecule has 1 heterocycles. The molecular weight excluding hydrogens is 224 g/mol. The van der Waals surface area contributed by atoms with Crippen LogP contribution in [0.3, 0.4) is 0 Å². The van der Waals surface area contributed by atoms with Gasteiger partial charge in [0.2, 0.25) is 0 Å². The number of likely N-dealkylation sites (tertiary alicyclic amines) is 1. The van der Waals surface area contributed by atoms with E-state index in [-0.39, 0.29) is 6.03 Å². The van der Waals surface area contributed by atoms with Crippen LogP contribution >= 0.6 is 0 Å². The fourth-order valence-electron chi connectivity index (χ4n) is 3.75. The minimum atomic E-state index is 0.199. The van der Waals surface area contributed by atoms with Crippen molar-refractivity contribution in [1.82, 2.24) is 10.2 Å². The minimum Gasteiger partial charge on any atom is -0.335 e. The predicted molar refractivity (Wildman–Crippen MR) is 72.5 cm³/mol. The number of carbonyl (C=O) groups is 1. The molecule has 0 aromatic carbocycles. The first-order valence-electron chi connectivity index (χ1n) is 7.83. The largest absolute Gasteiger partial charge is 0.335 e. The Morgan fingerprint density at radius 3 is 2.39 bits per heavy atom. The van der Waals surface area contributed by atoms with Gasteiger partial charge in [0.15, 0.2) is 0 Å². The predicted octanol–water partition coefficient (Wildman–Crippen LogP) is 3.29. The normalized spacial score (nSPS) is 27.9. The van der Waals surface area contributed by atoms with E-state index in [4.69, 9.17) is 0 Å². The maximum Gasteiger partial charge on any atom is 0.317 e. The topological polar surface area (TPSA) is 32.3 Å². The van der Waals surface area contributed by atoms with E-state index in [1.165, 1.54) is 64.2 Å². The zero-order valence-electron chi connectivity index (χ0n) is 11.4. The van der Waals surface area contributed by atoms with Crippen LogP contribution in [0.1, 0.15) is 64.2 Å². The highest BCUT2D eigenvalue weighted by molar-refractivity contribution is 5.74. The summed E-state index contributed by atoms with van der Waals surface area (Å²) in [7, 11) is 0. The monoisotopic (exact) mass is 250 g/mol. The van der Waals surface area contributed by atoms with Crippen molar-refractivity contribution in [3.8, 4) is 0 Å². The molecule has 0 aromatic rings. The Morgan fingerprint density at radius 2 is 1.67 bits per heavy atom. The highest BCUT2D eigenvalue weighted by atomic mass is 16.2. The lowest BCUT2D eigenvalue weighted by Crippen LogP contribution is -2.41. The van der Waals surface area contributed by atoms with Crippen LogP contribution in [0.5, 0.6) is 0 Å². The molecule has 3 rings (SSSR count). The number of urea groups is 1. The maximum absolute atomic E-state index is 12.1. The summed E-state index contributed by atoms with van der Waals surface area (Å²) in [4.78, 5) is 14.2. The van der Waals surface area contributed by atoms with E-state index < -0.39 is 0 Å². The summed E-state index contributed by atoms with van der Waals surface area (Å²) in [6, 6.07) is 0.690. The van der Waals surface area contributed by atoms with E-state index in [0.29, 0.717) is 11.5 Å².